The molecule has 27 heavy (non-hydrogen) atoms. The molecule has 2 rings (SSSR count). The fourth-order valence-electron chi connectivity index (χ4n) is 2.76. The highest BCUT2D eigenvalue weighted by Crippen LogP contribution is 2.21. The van der Waals surface area contributed by atoms with Gasteiger partial charge in [0, 0.05) is 6.42 Å². The average Bonchev–Trinajstić information content (AvgIpc) is 2.56. The minimum absolute atomic E-state index is 0.0692. The van der Waals surface area contributed by atoms with E-state index in [9.17, 15) is 14.7 Å². The molecular formula is C19H29N3O5. The number of hydrogen-bond acceptors (Lipinski definition) is 6. The number of nitrogens with one attached hydrogen (secondary N) is 1. The summed E-state index contributed by atoms with van der Waals surface area (Å²) in [5.41, 5.74) is 0.837. The van der Waals surface area contributed by atoms with Crippen LogP contribution < -0.4 is 5.32 Å². The van der Waals surface area contributed by atoms with E-state index in [-0.39, 0.29) is 19.0 Å². The number of rotatable bonds is 5. The smallest absolute Gasteiger partial charge is 0.410 e. The van der Waals surface area contributed by atoms with Gasteiger partial charge in [-0.1, -0.05) is 6.07 Å². The summed E-state index contributed by atoms with van der Waals surface area (Å²) < 4.78 is 5.38. The second-order valence-electron chi connectivity index (χ2n) is 7.76. The Morgan fingerprint density at radius 1 is 1.33 bits per heavy atom. The number of amides is 2. The number of ether oxygens (including phenoxy) is 1. The Labute approximate surface area is 159 Å². The maximum absolute atomic E-state index is 12.5. The number of pyridine rings is 1. The van der Waals surface area contributed by atoms with E-state index in [4.69, 9.17) is 9.84 Å². The van der Waals surface area contributed by atoms with Crippen LogP contribution in [0.2, 0.25) is 0 Å². The molecule has 0 fully saturated rings. The number of carbonyl (C=O) groups is 2. The van der Waals surface area contributed by atoms with E-state index in [0.29, 0.717) is 17.9 Å². The first-order chi connectivity index (χ1) is 12.7. The highest BCUT2D eigenvalue weighted by Gasteiger charge is 2.25. The van der Waals surface area contributed by atoms with Gasteiger partial charge in [0.1, 0.15) is 11.4 Å². The van der Waals surface area contributed by atoms with Gasteiger partial charge in [0.25, 0.3) is 0 Å². The Kier molecular flexibility index (Phi) is 7.15. The largest absolute Gasteiger partial charge is 0.444 e. The van der Waals surface area contributed by atoms with Crippen LogP contribution in [0, 0.1) is 0 Å². The van der Waals surface area contributed by atoms with Gasteiger partial charge < -0.3 is 20.3 Å². The molecule has 0 saturated carbocycles. The predicted octanol–water partition coefficient (Wildman–Crippen LogP) is 1.84. The van der Waals surface area contributed by atoms with Gasteiger partial charge in [0.2, 0.25) is 5.91 Å². The SMILES string of the molecule is CC(C)(C)OC(=O)N(Cc1ccc2c(n1)NC(=O)CCCC2)CC(O)CO. The highest BCUT2D eigenvalue weighted by atomic mass is 16.6. The molecule has 3 N–H and O–H groups in total. The molecule has 150 valence electrons. The van der Waals surface area contributed by atoms with Crippen LogP contribution in [0.3, 0.4) is 0 Å². The molecular weight excluding hydrogens is 350 g/mol. The van der Waals surface area contributed by atoms with Crippen molar-refractivity contribution in [1.82, 2.24) is 9.88 Å². The predicted molar refractivity (Wildman–Crippen MR) is 100 cm³/mol. The molecule has 1 aromatic heterocycles. The van der Waals surface area contributed by atoms with Crippen molar-refractivity contribution in [3.63, 3.8) is 0 Å². The second-order valence-corrected chi connectivity index (χ2v) is 7.76. The lowest BCUT2D eigenvalue weighted by molar-refractivity contribution is -0.116. The fourth-order valence-corrected chi connectivity index (χ4v) is 2.76. The fraction of sp³-hybridized carbons (Fsp3) is 0.632. The maximum atomic E-state index is 12.5. The van der Waals surface area contributed by atoms with Crippen molar-refractivity contribution in [2.45, 2.75) is 64.7 Å². The van der Waals surface area contributed by atoms with Crippen LogP contribution in [0.15, 0.2) is 12.1 Å². The van der Waals surface area contributed by atoms with E-state index in [2.05, 4.69) is 10.3 Å². The molecule has 1 aromatic rings. The number of aliphatic hydroxyl groups is 2. The lowest BCUT2D eigenvalue weighted by Gasteiger charge is -2.28. The van der Waals surface area contributed by atoms with E-state index < -0.39 is 24.4 Å². The molecule has 0 spiro atoms. The molecule has 0 aliphatic carbocycles. The van der Waals surface area contributed by atoms with Crippen molar-refractivity contribution >= 4 is 17.8 Å². The molecule has 2 heterocycles. The average molecular weight is 379 g/mol. The first-order valence-corrected chi connectivity index (χ1v) is 9.23. The summed E-state index contributed by atoms with van der Waals surface area (Å²) in [6, 6.07) is 3.70. The molecule has 1 aliphatic rings. The number of carbonyl (C=O) groups excluding carboxylic acids is 2. The molecule has 0 radical (unpaired) electrons. The third-order valence-electron chi connectivity index (χ3n) is 4.04. The molecule has 1 atom stereocenters. The minimum Gasteiger partial charge on any atom is -0.444 e. The topological polar surface area (TPSA) is 112 Å². The quantitative estimate of drug-likeness (QED) is 0.720. The summed E-state index contributed by atoms with van der Waals surface area (Å²) in [7, 11) is 0. The molecule has 1 aliphatic heterocycles. The Bertz CT molecular complexity index is 672. The Morgan fingerprint density at radius 2 is 2.04 bits per heavy atom. The number of hydrogen-bond donors (Lipinski definition) is 3. The molecule has 1 unspecified atom stereocenters. The third kappa shape index (κ3) is 6.80. The van der Waals surface area contributed by atoms with Gasteiger partial charge in [-0.2, -0.15) is 0 Å². The maximum Gasteiger partial charge on any atom is 0.410 e. The lowest BCUT2D eigenvalue weighted by atomic mass is 10.0. The van der Waals surface area contributed by atoms with Crippen LogP contribution in [0.4, 0.5) is 10.6 Å². The summed E-state index contributed by atoms with van der Waals surface area (Å²) in [6.07, 6.45) is 1.39. The van der Waals surface area contributed by atoms with Crippen LogP contribution in [0.5, 0.6) is 0 Å². The van der Waals surface area contributed by atoms with Crippen LogP contribution >= 0.6 is 0 Å². The van der Waals surface area contributed by atoms with Crippen LogP contribution in [0.25, 0.3) is 0 Å². The van der Waals surface area contributed by atoms with Crippen molar-refractivity contribution in [3.05, 3.63) is 23.4 Å². The van der Waals surface area contributed by atoms with Gasteiger partial charge in [0.15, 0.2) is 0 Å². The normalized spacial score (nSPS) is 15.8. The second kappa shape index (κ2) is 9.14. The molecule has 0 aromatic carbocycles. The molecule has 8 heteroatoms. The summed E-state index contributed by atoms with van der Waals surface area (Å²) in [5.74, 6) is 0.448. The van der Waals surface area contributed by atoms with Gasteiger partial charge >= 0.3 is 6.09 Å². The number of nitrogens with zero attached hydrogens (tertiary/aromatic N) is 2. The minimum atomic E-state index is -1.08. The van der Waals surface area contributed by atoms with E-state index in [1.165, 1.54) is 4.90 Å². The number of fused-ring (bicyclic) bond motifs is 1. The molecule has 0 saturated heterocycles. The Hall–Kier alpha value is -2.19. The number of aromatic nitrogens is 1. The molecule has 2 amide bonds. The summed E-state index contributed by atoms with van der Waals surface area (Å²) >= 11 is 0. The van der Waals surface area contributed by atoms with Crippen LogP contribution in [-0.4, -0.2) is 57.0 Å². The third-order valence-corrected chi connectivity index (χ3v) is 4.04. The van der Waals surface area contributed by atoms with Crippen molar-refractivity contribution < 1.29 is 24.5 Å². The molecule has 0 bridgehead atoms. The Balaban J connectivity index is 2.20. The number of aliphatic hydroxyl groups excluding tert-OH is 2. The number of anilines is 1. The van der Waals surface area contributed by atoms with Crippen molar-refractivity contribution in [2.24, 2.45) is 0 Å². The zero-order valence-corrected chi connectivity index (χ0v) is 16.2. The van der Waals surface area contributed by atoms with Crippen LogP contribution in [-0.2, 0) is 22.5 Å². The first-order valence-electron chi connectivity index (χ1n) is 9.23. The van der Waals surface area contributed by atoms with Crippen LogP contribution in [0.1, 0.15) is 51.3 Å². The van der Waals surface area contributed by atoms with Crippen molar-refractivity contribution in [1.29, 1.82) is 0 Å². The summed E-state index contributed by atoms with van der Waals surface area (Å²) in [5, 5.41) is 21.7. The van der Waals surface area contributed by atoms with E-state index in [1.807, 2.05) is 6.07 Å². The van der Waals surface area contributed by atoms with E-state index in [1.54, 1.807) is 26.8 Å². The van der Waals surface area contributed by atoms with Crippen molar-refractivity contribution in [3.8, 4) is 0 Å². The Morgan fingerprint density at radius 3 is 2.70 bits per heavy atom. The zero-order valence-electron chi connectivity index (χ0n) is 16.2. The summed E-state index contributed by atoms with van der Waals surface area (Å²) in [6.45, 7) is 4.80. The number of aryl methyl sites for hydroxylation is 1. The lowest BCUT2D eigenvalue weighted by Crippen LogP contribution is -2.41. The highest BCUT2D eigenvalue weighted by molar-refractivity contribution is 5.90. The van der Waals surface area contributed by atoms with Crippen molar-refractivity contribution in [2.75, 3.05) is 18.5 Å². The molecule has 8 nitrogen and oxygen atoms in total. The zero-order chi connectivity index (χ0) is 20.0. The van der Waals surface area contributed by atoms with Gasteiger partial charge in [-0.25, -0.2) is 9.78 Å². The van der Waals surface area contributed by atoms with Gasteiger partial charge in [-0.05, 0) is 51.7 Å². The summed E-state index contributed by atoms with van der Waals surface area (Å²) in [4.78, 5) is 30.1. The van der Waals surface area contributed by atoms with Gasteiger partial charge in [-0.3, -0.25) is 9.69 Å². The van der Waals surface area contributed by atoms with Gasteiger partial charge in [0.05, 0.1) is 31.5 Å². The van der Waals surface area contributed by atoms with Gasteiger partial charge in [-0.15, -0.1) is 0 Å². The monoisotopic (exact) mass is 379 g/mol. The van der Waals surface area contributed by atoms with E-state index >= 15 is 0 Å². The first kappa shape index (κ1) is 21.1. The standard InChI is InChI=1S/C19H29N3O5/c1-19(2,3)27-18(26)22(11-15(24)12-23)10-14-9-8-13-6-4-5-7-16(25)21-17(13)20-14/h8-9,15,23-24H,4-7,10-12H2,1-3H3,(H,20,21,25). The van der Waals surface area contributed by atoms with E-state index in [0.717, 1.165) is 24.8 Å².